The number of aliphatic hydroxyl groups is 1. The van der Waals surface area contributed by atoms with E-state index < -0.39 is 36.2 Å². The molecule has 1 rings (SSSR count). The van der Waals surface area contributed by atoms with Gasteiger partial charge in [0.2, 0.25) is 0 Å². The number of nitrogens with one attached hydrogen (secondary N) is 1. The van der Waals surface area contributed by atoms with E-state index in [-0.39, 0.29) is 13.0 Å². The number of hydrogen-bond donors (Lipinski definition) is 3. The van der Waals surface area contributed by atoms with Crippen LogP contribution in [0.4, 0.5) is 4.79 Å². The Morgan fingerprint density at radius 2 is 2.06 bits per heavy atom. The van der Waals surface area contributed by atoms with Gasteiger partial charge in [-0.15, -0.1) is 0 Å². The van der Waals surface area contributed by atoms with Crippen molar-refractivity contribution in [1.82, 2.24) is 10.2 Å². The van der Waals surface area contributed by atoms with Crippen molar-refractivity contribution in [1.29, 1.82) is 0 Å². The average molecular weight is 260 g/mol. The Labute approximate surface area is 104 Å². The zero-order valence-corrected chi connectivity index (χ0v) is 10.1. The van der Waals surface area contributed by atoms with Crippen LogP contribution in [0.15, 0.2) is 0 Å². The molecule has 0 radical (unpaired) electrons. The van der Waals surface area contributed by atoms with E-state index in [1.54, 1.807) is 0 Å². The molecule has 1 fully saturated rings. The van der Waals surface area contributed by atoms with Gasteiger partial charge in [-0.2, -0.15) is 0 Å². The minimum Gasteiger partial charge on any atom is -0.480 e. The molecule has 8 nitrogen and oxygen atoms in total. The normalized spacial score (nSPS) is 24.5. The third-order valence-corrected chi connectivity index (χ3v) is 2.72. The van der Waals surface area contributed by atoms with Gasteiger partial charge in [0.25, 0.3) is 0 Å². The molecule has 0 aromatic rings. The van der Waals surface area contributed by atoms with E-state index in [0.29, 0.717) is 0 Å². The second kappa shape index (κ2) is 5.67. The molecule has 0 spiro atoms. The van der Waals surface area contributed by atoms with Gasteiger partial charge in [-0.05, 0) is 6.92 Å². The first-order valence-electron chi connectivity index (χ1n) is 5.42. The maximum Gasteiger partial charge on any atom is 0.328 e. The maximum absolute atomic E-state index is 11.8. The van der Waals surface area contributed by atoms with Crippen molar-refractivity contribution in [2.75, 3.05) is 13.7 Å². The van der Waals surface area contributed by atoms with Crippen LogP contribution in [0.3, 0.4) is 0 Å². The summed E-state index contributed by atoms with van der Waals surface area (Å²) in [6, 6.07) is -2.67. The number of amides is 2. The molecule has 0 bridgehead atoms. The Kier molecular flexibility index (Phi) is 4.49. The number of esters is 1. The Morgan fingerprint density at radius 3 is 2.56 bits per heavy atom. The van der Waals surface area contributed by atoms with E-state index in [1.807, 2.05) is 0 Å². The first kappa shape index (κ1) is 14.2. The predicted octanol–water partition coefficient (Wildman–Crippen LogP) is -1.22. The number of ether oxygens (including phenoxy) is 1. The highest BCUT2D eigenvalue weighted by atomic mass is 16.5. The van der Waals surface area contributed by atoms with Crippen LogP contribution in [-0.2, 0) is 14.3 Å². The van der Waals surface area contributed by atoms with E-state index in [0.717, 1.165) is 4.90 Å². The minimum atomic E-state index is -1.19. The fourth-order valence-electron chi connectivity index (χ4n) is 1.78. The van der Waals surface area contributed by atoms with Crippen LogP contribution in [-0.4, -0.2) is 64.9 Å². The number of β-amino-alcohol motifs (C(OH)–C–C–N with tert-alkyl or cyclic N) is 1. The minimum absolute atomic E-state index is 0.0185. The van der Waals surface area contributed by atoms with Crippen LogP contribution in [0.1, 0.15) is 13.3 Å². The zero-order chi connectivity index (χ0) is 13.9. The van der Waals surface area contributed by atoms with Crippen molar-refractivity contribution < 1.29 is 29.3 Å². The van der Waals surface area contributed by atoms with Crippen molar-refractivity contribution in [3.8, 4) is 0 Å². The quantitative estimate of drug-likeness (QED) is 0.547. The summed E-state index contributed by atoms with van der Waals surface area (Å²) in [6.45, 7) is 1.35. The molecule has 0 aliphatic carbocycles. The van der Waals surface area contributed by atoms with E-state index in [9.17, 15) is 19.5 Å². The van der Waals surface area contributed by atoms with E-state index >= 15 is 0 Å². The largest absolute Gasteiger partial charge is 0.480 e. The monoisotopic (exact) mass is 260 g/mol. The van der Waals surface area contributed by atoms with Crippen molar-refractivity contribution in [3.63, 3.8) is 0 Å². The van der Waals surface area contributed by atoms with Gasteiger partial charge < -0.3 is 25.2 Å². The Hall–Kier alpha value is -1.83. The van der Waals surface area contributed by atoms with Crippen LogP contribution >= 0.6 is 0 Å². The molecule has 3 atom stereocenters. The van der Waals surface area contributed by atoms with Gasteiger partial charge >= 0.3 is 18.0 Å². The second-order valence-electron chi connectivity index (χ2n) is 4.09. The lowest BCUT2D eigenvalue weighted by Gasteiger charge is -2.23. The second-order valence-corrected chi connectivity index (χ2v) is 4.09. The molecular weight excluding hydrogens is 244 g/mol. The first-order chi connectivity index (χ1) is 8.36. The summed E-state index contributed by atoms with van der Waals surface area (Å²) in [5, 5.41) is 20.6. The molecule has 3 N–H and O–H groups in total. The van der Waals surface area contributed by atoms with E-state index in [4.69, 9.17) is 5.11 Å². The number of nitrogens with zero attached hydrogens (tertiary/aromatic N) is 1. The van der Waals surface area contributed by atoms with Gasteiger partial charge in [-0.3, -0.25) is 0 Å². The van der Waals surface area contributed by atoms with Gasteiger partial charge in [-0.1, -0.05) is 0 Å². The Balaban J connectivity index is 2.65. The van der Waals surface area contributed by atoms with Crippen LogP contribution in [0.25, 0.3) is 0 Å². The third kappa shape index (κ3) is 3.10. The molecule has 1 saturated heterocycles. The molecule has 1 aliphatic rings. The summed E-state index contributed by atoms with van der Waals surface area (Å²) in [7, 11) is 1.19. The van der Waals surface area contributed by atoms with Gasteiger partial charge in [0.05, 0.1) is 13.2 Å². The first-order valence-corrected chi connectivity index (χ1v) is 5.42. The highest BCUT2D eigenvalue weighted by Crippen LogP contribution is 2.18. The number of methoxy groups -OCH3 is 1. The number of rotatable bonds is 3. The summed E-state index contributed by atoms with van der Waals surface area (Å²) in [5.74, 6) is -1.82. The Bertz CT molecular complexity index is 358. The van der Waals surface area contributed by atoms with Crippen molar-refractivity contribution in [3.05, 3.63) is 0 Å². The Morgan fingerprint density at radius 1 is 1.44 bits per heavy atom. The molecule has 1 aliphatic heterocycles. The molecule has 8 heteroatoms. The number of hydrogen-bond acceptors (Lipinski definition) is 5. The molecular formula is C10H16N2O6. The summed E-state index contributed by atoms with van der Waals surface area (Å²) in [6.07, 6.45) is -0.889. The van der Waals surface area contributed by atoms with Gasteiger partial charge in [-0.25, -0.2) is 14.4 Å². The standard InChI is InChI=1S/C10H16N2O6/c1-5(9(16)18-2)11-10(17)12-4-6(13)3-7(12)8(14)15/h5-7,13H,3-4H2,1-2H3,(H,11,17)(H,14,15). The number of carbonyl (C=O) groups is 3. The molecule has 1 heterocycles. The SMILES string of the molecule is COC(=O)C(C)NC(=O)N1CC(O)CC1C(=O)O. The number of likely N-dealkylation sites (tertiary alicyclic amines) is 1. The number of urea groups is 1. The third-order valence-electron chi connectivity index (χ3n) is 2.72. The smallest absolute Gasteiger partial charge is 0.328 e. The van der Waals surface area contributed by atoms with Crippen LogP contribution < -0.4 is 5.32 Å². The molecule has 3 unspecified atom stereocenters. The van der Waals surface area contributed by atoms with Crippen LogP contribution in [0, 0.1) is 0 Å². The molecule has 102 valence electrons. The van der Waals surface area contributed by atoms with Gasteiger partial charge in [0.1, 0.15) is 12.1 Å². The summed E-state index contributed by atoms with van der Waals surface area (Å²) < 4.78 is 4.43. The van der Waals surface area contributed by atoms with Crippen molar-refractivity contribution in [2.45, 2.75) is 31.5 Å². The topological polar surface area (TPSA) is 116 Å². The van der Waals surface area contributed by atoms with Gasteiger partial charge in [0, 0.05) is 13.0 Å². The predicted molar refractivity (Wildman–Crippen MR) is 58.8 cm³/mol. The number of carboxylic acids is 1. The lowest BCUT2D eigenvalue weighted by Crippen LogP contribution is -2.50. The van der Waals surface area contributed by atoms with Crippen molar-refractivity contribution >= 4 is 18.0 Å². The number of aliphatic hydroxyl groups excluding tert-OH is 1. The van der Waals surface area contributed by atoms with E-state index in [2.05, 4.69) is 10.1 Å². The molecule has 0 aromatic carbocycles. The fourth-order valence-corrected chi connectivity index (χ4v) is 1.78. The zero-order valence-electron chi connectivity index (χ0n) is 10.1. The molecule has 0 aromatic heterocycles. The fraction of sp³-hybridized carbons (Fsp3) is 0.700. The lowest BCUT2D eigenvalue weighted by molar-refractivity contribution is -0.142. The summed E-state index contributed by atoms with van der Waals surface area (Å²) in [5.41, 5.74) is 0. The highest BCUT2D eigenvalue weighted by Gasteiger charge is 2.39. The van der Waals surface area contributed by atoms with Crippen LogP contribution in [0.2, 0.25) is 0 Å². The van der Waals surface area contributed by atoms with E-state index in [1.165, 1.54) is 14.0 Å². The summed E-state index contributed by atoms with van der Waals surface area (Å²) >= 11 is 0. The maximum atomic E-state index is 11.8. The summed E-state index contributed by atoms with van der Waals surface area (Å²) in [4.78, 5) is 34.8. The molecule has 2 amide bonds. The number of carbonyl (C=O) groups excluding carboxylic acids is 2. The van der Waals surface area contributed by atoms with Crippen LogP contribution in [0.5, 0.6) is 0 Å². The molecule has 18 heavy (non-hydrogen) atoms. The average Bonchev–Trinajstić information content (AvgIpc) is 2.70. The number of aliphatic carboxylic acids is 1. The van der Waals surface area contributed by atoms with Gasteiger partial charge in [0.15, 0.2) is 0 Å². The van der Waals surface area contributed by atoms with Crippen molar-refractivity contribution in [2.24, 2.45) is 0 Å². The highest BCUT2D eigenvalue weighted by molar-refractivity contribution is 5.87. The molecule has 0 saturated carbocycles. The lowest BCUT2D eigenvalue weighted by atomic mass is 10.2. The number of carboxylic acid groups (broad SMARTS) is 1.